The second-order valence-corrected chi connectivity index (χ2v) is 9.11. The molecule has 2 amide bonds. The van der Waals surface area contributed by atoms with E-state index in [4.69, 9.17) is 19.9 Å². The molecule has 1 aliphatic rings. The van der Waals surface area contributed by atoms with Crippen LogP contribution < -0.4 is 24.8 Å². The average molecular weight is 534 g/mol. The molecule has 1 aliphatic heterocycles. The summed E-state index contributed by atoms with van der Waals surface area (Å²) >= 11 is 0.889. The van der Waals surface area contributed by atoms with E-state index in [-0.39, 0.29) is 51.1 Å². The Labute approximate surface area is 221 Å². The quantitative estimate of drug-likeness (QED) is 0.445. The maximum absolute atomic E-state index is 13.3. The van der Waals surface area contributed by atoms with Crippen molar-refractivity contribution in [2.45, 2.75) is 16.7 Å². The number of thioether (sulfide) groups is 1. The molecule has 0 unspecified atom stereocenters. The van der Waals surface area contributed by atoms with Gasteiger partial charge in [-0.3, -0.25) is 9.59 Å². The number of anilines is 2. The van der Waals surface area contributed by atoms with Gasteiger partial charge in [-0.05, 0) is 42.0 Å². The van der Waals surface area contributed by atoms with Crippen LogP contribution in [0.4, 0.5) is 15.9 Å². The van der Waals surface area contributed by atoms with Crippen molar-refractivity contribution in [3.05, 3.63) is 53.3 Å². The first kappa shape index (κ1) is 26.3. The van der Waals surface area contributed by atoms with Crippen LogP contribution in [-0.4, -0.2) is 43.4 Å². The lowest BCUT2D eigenvalue weighted by molar-refractivity contribution is -0.121. The number of nitrogens with zero attached hydrogens (tertiary/aromatic N) is 4. The van der Waals surface area contributed by atoms with Gasteiger partial charge in [-0.25, -0.2) is 14.3 Å². The minimum absolute atomic E-state index is 0.0181. The molecule has 2 aromatic carbocycles. The molecule has 38 heavy (non-hydrogen) atoms. The molecule has 10 nitrogen and oxygen atoms in total. The largest absolute Gasteiger partial charge is 0.493 e. The summed E-state index contributed by atoms with van der Waals surface area (Å²) < 4.78 is 29.5. The monoisotopic (exact) mass is 533 g/mol. The normalized spacial score (nSPS) is 14.7. The van der Waals surface area contributed by atoms with E-state index in [2.05, 4.69) is 11.1 Å². The van der Waals surface area contributed by atoms with Crippen molar-refractivity contribution < 1.29 is 28.2 Å². The van der Waals surface area contributed by atoms with Crippen LogP contribution >= 0.6 is 11.8 Å². The van der Waals surface area contributed by atoms with Gasteiger partial charge in [0.15, 0.2) is 11.5 Å². The van der Waals surface area contributed by atoms with E-state index < -0.39 is 22.9 Å². The third-order valence-corrected chi connectivity index (χ3v) is 6.98. The smallest absolute Gasteiger partial charge is 0.247 e. The summed E-state index contributed by atoms with van der Waals surface area (Å²) in [5.41, 5.74) is 6.81. The van der Waals surface area contributed by atoms with Crippen molar-refractivity contribution in [3.8, 4) is 40.5 Å². The molecule has 1 atom stereocenters. The van der Waals surface area contributed by atoms with Crippen molar-refractivity contribution >= 4 is 35.1 Å². The van der Waals surface area contributed by atoms with Gasteiger partial charge in [-0.2, -0.15) is 10.5 Å². The van der Waals surface area contributed by atoms with Gasteiger partial charge < -0.3 is 19.9 Å². The highest BCUT2D eigenvalue weighted by Gasteiger charge is 2.41. The minimum atomic E-state index is -0.924. The first-order valence-corrected chi connectivity index (χ1v) is 11.9. The molecule has 1 aromatic heterocycles. The number of aromatic nitrogens is 1. The average Bonchev–Trinajstić information content (AvgIpc) is 3.19. The molecule has 1 saturated heterocycles. The number of nitriles is 2. The Hall–Kier alpha value is -4.81. The number of carbonyl (C=O) groups excluding carboxylic acids is 2. The number of rotatable bonds is 7. The van der Waals surface area contributed by atoms with Crippen LogP contribution in [0.2, 0.25) is 0 Å². The zero-order valence-corrected chi connectivity index (χ0v) is 21.3. The van der Waals surface area contributed by atoms with Crippen LogP contribution in [-0.2, 0) is 9.59 Å². The number of benzene rings is 2. The first-order valence-electron chi connectivity index (χ1n) is 11.0. The van der Waals surface area contributed by atoms with Gasteiger partial charge in [0.2, 0.25) is 17.6 Å². The lowest BCUT2D eigenvalue weighted by atomic mass is 9.96. The fourth-order valence-corrected chi connectivity index (χ4v) is 5.21. The molecule has 192 valence electrons. The number of pyridine rings is 1. The minimum Gasteiger partial charge on any atom is -0.493 e. The zero-order valence-electron chi connectivity index (χ0n) is 20.4. The Kier molecular flexibility index (Phi) is 7.37. The molecule has 12 heteroatoms. The predicted molar refractivity (Wildman–Crippen MR) is 136 cm³/mol. The lowest BCUT2D eigenvalue weighted by Crippen LogP contribution is -2.31. The second-order valence-electron chi connectivity index (χ2n) is 7.92. The molecular weight excluding hydrogens is 513 g/mol. The van der Waals surface area contributed by atoms with E-state index in [1.54, 1.807) is 12.1 Å². The number of hydrogen-bond donors (Lipinski definition) is 1. The molecule has 0 aliphatic carbocycles. The van der Waals surface area contributed by atoms with E-state index in [9.17, 15) is 24.5 Å². The van der Waals surface area contributed by atoms with Gasteiger partial charge >= 0.3 is 0 Å². The van der Waals surface area contributed by atoms with E-state index in [0.717, 1.165) is 28.8 Å². The van der Waals surface area contributed by atoms with E-state index in [0.29, 0.717) is 11.3 Å². The van der Waals surface area contributed by atoms with Crippen LogP contribution in [0.15, 0.2) is 41.4 Å². The molecule has 0 saturated carbocycles. The van der Waals surface area contributed by atoms with Crippen LogP contribution in [0.25, 0.3) is 11.1 Å². The summed E-state index contributed by atoms with van der Waals surface area (Å²) in [6.07, 6.45) is -0.174. The standard InChI is InChI=1S/C26H20FN5O5S/c1-35-18-8-13(9-19(36-2)23(18)37-3)22-16(11-28)24(30)31-25(17(22)12-29)38-20-10-21(33)32(26(20)34)15-6-4-14(27)5-7-15/h4-9,20H,10H2,1-3H3,(H2,30,31)/t20-/m1/s1. The number of halogens is 1. The topological polar surface area (TPSA) is 152 Å². The van der Waals surface area contributed by atoms with E-state index in [1.807, 2.05) is 6.07 Å². The van der Waals surface area contributed by atoms with Gasteiger partial charge in [0.1, 0.15) is 34.4 Å². The van der Waals surface area contributed by atoms with Crippen molar-refractivity contribution in [1.82, 2.24) is 4.98 Å². The Balaban J connectivity index is 1.82. The van der Waals surface area contributed by atoms with Crippen molar-refractivity contribution in [1.29, 1.82) is 10.5 Å². The fourth-order valence-electron chi connectivity index (χ4n) is 4.09. The number of methoxy groups -OCH3 is 3. The molecule has 0 radical (unpaired) electrons. The van der Waals surface area contributed by atoms with Crippen LogP contribution in [0.1, 0.15) is 17.5 Å². The highest BCUT2D eigenvalue weighted by molar-refractivity contribution is 8.00. The summed E-state index contributed by atoms with van der Waals surface area (Å²) in [6, 6.07) is 12.1. The Morgan fingerprint density at radius 1 is 1.03 bits per heavy atom. The zero-order chi connectivity index (χ0) is 27.6. The van der Waals surface area contributed by atoms with Crippen molar-refractivity contribution in [3.63, 3.8) is 0 Å². The summed E-state index contributed by atoms with van der Waals surface area (Å²) in [4.78, 5) is 31.0. The fraction of sp³-hybridized carbons (Fsp3) is 0.192. The van der Waals surface area contributed by atoms with Crippen LogP contribution in [0.5, 0.6) is 17.2 Å². The summed E-state index contributed by atoms with van der Waals surface area (Å²) in [5, 5.41) is 19.1. The maximum atomic E-state index is 13.3. The molecule has 3 aromatic rings. The van der Waals surface area contributed by atoms with E-state index >= 15 is 0 Å². The highest BCUT2D eigenvalue weighted by Crippen LogP contribution is 2.45. The van der Waals surface area contributed by atoms with Crippen molar-refractivity contribution in [2.24, 2.45) is 0 Å². The molecule has 4 rings (SSSR count). The Bertz CT molecular complexity index is 1510. The lowest BCUT2D eigenvalue weighted by Gasteiger charge is -2.18. The number of ether oxygens (including phenoxy) is 3. The van der Waals surface area contributed by atoms with E-state index in [1.165, 1.54) is 33.5 Å². The molecule has 2 heterocycles. The van der Waals surface area contributed by atoms with Gasteiger partial charge in [0.25, 0.3) is 0 Å². The third kappa shape index (κ3) is 4.53. The third-order valence-electron chi connectivity index (χ3n) is 5.81. The summed E-state index contributed by atoms with van der Waals surface area (Å²) in [5.74, 6) is -0.822. The maximum Gasteiger partial charge on any atom is 0.247 e. The van der Waals surface area contributed by atoms with Gasteiger partial charge in [0, 0.05) is 12.0 Å². The van der Waals surface area contributed by atoms with Crippen LogP contribution in [0.3, 0.4) is 0 Å². The van der Waals surface area contributed by atoms with Gasteiger partial charge in [-0.1, -0.05) is 11.8 Å². The summed E-state index contributed by atoms with van der Waals surface area (Å²) in [6.45, 7) is 0. The molecule has 0 bridgehead atoms. The second kappa shape index (κ2) is 10.7. The van der Waals surface area contributed by atoms with Gasteiger partial charge in [0.05, 0.1) is 37.8 Å². The predicted octanol–water partition coefficient (Wildman–Crippen LogP) is 3.66. The summed E-state index contributed by atoms with van der Waals surface area (Å²) in [7, 11) is 4.29. The number of imide groups is 1. The van der Waals surface area contributed by atoms with Gasteiger partial charge in [-0.15, -0.1) is 0 Å². The number of carbonyl (C=O) groups is 2. The highest BCUT2D eigenvalue weighted by atomic mass is 32.2. The molecule has 0 spiro atoms. The Morgan fingerprint density at radius 2 is 1.63 bits per heavy atom. The first-order chi connectivity index (χ1) is 18.3. The number of hydrogen-bond acceptors (Lipinski definition) is 10. The molecular formula is C26H20FN5O5S. The molecule has 1 fully saturated rings. The van der Waals surface area contributed by atoms with Crippen molar-refractivity contribution in [2.75, 3.05) is 32.0 Å². The van der Waals surface area contributed by atoms with Crippen LogP contribution in [0, 0.1) is 28.5 Å². The Morgan fingerprint density at radius 3 is 2.16 bits per heavy atom. The SMILES string of the molecule is COc1cc(-c2c(C#N)c(N)nc(S[C@@H]3CC(=O)N(c4ccc(F)cc4)C3=O)c2C#N)cc(OC)c1OC. The number of nitrogens with two attached hydrogens (primary N) is 1. The molecule has 2 N–H and O–H groups in total. The number of amides is 2. The number of nitrogen functional groups attached to an aromatic ring is 1.